The predicted octanol–water partition coefficient (Wildman–Crippen LogP) is 2.41. The van der Waals surface area contributed by atoms with Gasteiger partial charge in [0.25, 0.3) is 0 Å². The van der Waals surface area contributed by atoms with Crippen molar-refractivity contribution in [1.82, 2.24) is 20.4 Å². The summed E-state index contributed by atoms with van der Waals surface area (Å²) in [4.78, 5) is 78.1. The molecule has 0 bridgehead atoms. The second-order valence-electron chi connectivity index (χ2n) is 8.94. The lowest BCUT2D eigenvalue weighted by atomic mass is 9.94. The van der Waals surface area contributed by atoms with Crippen molar-refractivity contribution in [2.75, 3.05) is 0 Å². The maximum Gasteiger partial charge on any atom is 0.331 e. The molecule has 3 aromatic carbocycles. The number of benzene rings is 3. The van der Waals surface area contributed by atoms with Crippen molar-refractivity contribution in [3.63, 3.8) is 0 Å². The molecule has 2 fully saturated rings. The lowest BCUT2D eigenvalue weighted by Gasteiger charge is -2.31. The summed E-state index contributed by atoms with van der Waals surface area (Å²) in [6.07, 6.45) is 0. The number of nitrogens with zero attached hydrogens (tertiary/aromatic N) is 2. The zero-order chi connectivity index (χ0) is 26.8. The largest absolute Gasteiger partial charge is 0.331 e. The zero-order valence-corrected chi connectivity index (χ0v) is 20.0. The molecule has 8 amide bonds. The van der Waals surface area contributed by atoms with Crippen LogP contribution in [0, 0.1) is 0 Å². The molecule has 0 aromatic heterocycles. The van der Waals surface area contributed by atoms with Crippen LogP contribution in [0.25, 0.3) is 0 Å². The average Bonchev–Trinajstić information content (AvgIpc) is 2.90. The number of imide groups is 4. The van der Waals surface area contributed by atoms with Gasteiger partial charge in [-0.2, -0.15) is 0 Å². The fourth-order valence-corrected chi connectivity index (χ4v) is 4.60. The number of hydrogen-bond donors (Lipinski definition) is 2. The Bertz CT molecular complexity index is 1350. The Balaban J connectivity index is 1.35. The van der Waals surface area contributed by atoms with Gasteiger partial charge in [-0.25, -0.2) is 9.59 Å². The second kappa shape index (κ2) is 10.1. The number of carbonyl (C=O) groups excluding carboxylic acids is 6. The molecule has 190 valence electrons. The number of hydrogen-bond acceptors (Lipinski definition) is 6. The Morgan fingerprint density at radius 1 is 0.526 bits per heavy atom. The molecular weight excluding hydrogens is 488 g/mol. The summed E-state index contributed by atoms with van der Waals surface area (Å²) >= 11 is 0. The summed E-state index contributed by atoms with van der Waals surface area (Å²) in [5.41, 5.74) is 2.04. The molecule has 0 radical (unpaired) electrons. The monoisotopic (exact) mass is 510 g/mol. The molecule has 2 aliphatic rings. The van der Waals surface area contributed by atoms with Crippen LogP contribution >= 0.6 is 0 Å². The normalized spacial score (nSPS) is 19.9. The number of amides is 8. The Hall–Kier alpha value is -5.12. The first kappa shape index (κ1) is 24.6. The highest BCUT2D eigenvalue weighted by molar-refractivity contribution is 6.20. The first-order valence-electron chi connectivity index (χ1n) is 11.8. The summed E-state index contributed by atoms with van der Waals surface area (Å²) in [5, 5.41) is 4.47. The van der Waals surface area contributed by atoms with E-state index in [0.717, 1.165) is 9.80 Å². The van der Waals surface area contributed by atoms with Gasteiger partial charge in [0.15, 0.2) is 0 Å². The van der Waals surface area contributed by atoms with Crippen molar-refractivity contribution in [2.45, 2.75) is 24.9 Å². The van der Waals surface area contributed by atoms with Crippen molar-refractivity contribution < 1.29 is 28.8 Å². The van der Waals surface area contributed by atoms with Crippen LogP contribution in [0.4, 0.5) is 9.59 Å². The van der Waals surface area contributed by atoms with E-state index in [2.05, 4.69) is 10.6 Å². The summed E-state index contributed by atoms with van der Waals surface area (Å²) in [6, 6.07) is 21.9. The lowest BCUT2D eigenvalue weighted by Crippen LogP contribution is -2.56. The first-order valence-corrected chi connectivity index (χ1v) is 11.8. The zero-order valence-electron chi connectivity index (χ0n) is 20.0. The molecule has 0 spiro atoms. The lowest BCUT2D eigenvalue weighted by molar-refractivity contribution is -0.140. The molecule has 10 nitrogen and oxygen atoms in total. The third-order valence-electron chi connectivity index (χ3n) is 6.44. The van der Waals surface area contributed by atoms with E-state index in [4.69, 9.17) is 0 Å². The minimum absolute atomic E-state index is 0.125. The molecule has 3 aromatic rings. The summed E-state index contributed by atoms with van der Waals surface area (Å²) in [5.74, 6) is -4.98. The minimum Gasteiger partial charge on any atom is -0.277 e. The topological polar surface area (TPSA) is 133 Å². The third-order valence-corrected chi connectivity index (χ3v) is 6.44. The van der Waals surface area contributed by atoms with E-state index < -0.39 is 47.5 Å². The highest BCUT2D eigenvalue weighted by Crippen LogP contribution is 2.26. The molecule has 2 unspecified atom stereocenters. The fourth-order valence-electron chi connectivity index (χ4n) is 4.60. The minimum atomic E-state index is -1.15. The van der Waals surface area contributed by atoms with Gasteiger partial charge in [0.2, 0.25) is 23.6 Å². The van der Waals surface area contributed by atoms with Crippen molar-refractivity contribution in [3.05, 3.63) is 107 Å². The van der Waals surface area contributed by atoms with Crippen molar-refractivity contribution >= 4 is 35.7 Å². The third kappa shape index (κ3) is 4.66. The molecule has 0 aliphatic carbocycles. The number of carbonyl (C=O) groups is 6. The molecule has 2 atom stereocenters. The molecule has 38 heavy (non-hydrogen) atoms. The first-order chi connectivity index (χ1) is 18.3. The van der Waals surface area contributed by atoms with Gasteiger partial charge in [0.05, 0.1) is 13.1 Å². The number of urea groups is 2. The van der Waals surface area contributed by atoms with Gasteiger partial charge in [0, 0.05) is 0 Å². The quantitative estimate of drug-likeness (QED) is 0.490. The molecule has 10 heteroatoms. The molecule has 2 aliphatic heterocycles. The van der Waals surface area contributed by atoms with E-state index in [1.54, 1.807) is 84.9 Å². The molecule has 2 saturated heterocycles. The van der Waals surface area contributed by atoms with E-state index in [1.165, 1.54) is 0 Å². The van der Waals surface area contributed by atoms with E-state index >= 15 is 0 Å². The Labute approximate surface area is 217 Å². The van der Waals surface area contributed by atoms with Gasteiger partial charge in [0.1, 0.15) is 11.8 Å². The molecular formula is C28H22N4O6. The maximum absolute atomic E-state index is 13.1. The Morgan fingerprint density at radius 3 is 1.32 bits per heavy atom. The molecule has 0 saturated carbocycles. The van der Waals surface area contributed by atoms with Crippen molar-refractivity contribution in [1.29, 1.82) is 0 Å². The van der Waals surface area contributed by atoms with Gasteiger partial charge in [-0.3, -0.25) is 39.6 Å². The average molecular weight is 511 g/mol. The van der Waals surface area contributed by atoms with Crippen LogP contribution in [0.3, 0.4) is 0 Å². The van der Waals surface area contributed by atoms with Crippen LogP contribution < -0.4 is 10.6 Å². The van der Waals surface area contributed by atoms with E-state index in [-0.39, 0.29) is 13.1 Å². The SMILES string of the molecule is O=C1NC(=O)N(Cc2cccc(CN3C(=O)NC(=O)C(c4ccccc4)C3=O)c2)C(=O)C1c1ccccc1. The van der Waals surface area contributed by atoms with Crippen LogP contribution in [-0.4, -0.2) is 45.5 Å². The summed E-state index contributed by atoms with van der Waals surface area (Å²) in [7, 11) is 0. The second-order valence-corrected chi connectivity index (χ2v) is 8.94. The van der Waals surface area contributed by atoms with Gasteiger partial charge in [-0.1, -0.05) is 84.9 Å². The van der Waals surface area contributed by atoms with E-state index in [9.17, 15) is 28.8 Å². The Morgan fingerprint density at radius 2 is 0.921 bits per heavy atom. The number of barbiturate groups is 2. The van der Waals surface area contributed by atoms with Crippen LogP contribution in [0.2, 0.25) is 0 Å². The molecule has 2 heterocycles. The van der Waals surface area contributed by atoms with Gasteiger partial charge in [-0.15, -0.1) is 0 Å². The summed E-state index contributed by atoms with van der Waals surface area (Å²) in [6.45, 7) is -0.249. The molecule has 2 N–H and O–H groups in total. The highest BCUT2D eigenvalue weighted by Gasteiger charge is 2.42. The number of rotatable bonds is 6. The van der Waals surface area contributed by atoms with Crippen molar-refractivity contribution in [2.24, 2.45) is 0 Å². The van der Waals surface area contributed by atoms with Crippen LogP contribution in [0.1, 0.15) is 34.1 Å². The predicted molar refractivity (Wildman–Crippen MR) is 133 cm³/mol. The van der Waals surface area contributed by atoms with Gasteiger partial charge >= 0.3 is 12.1 Å². The van der Waals surface area contributed by atoms with Crippen LogP contribution in [0.5, 0.6) is 0 Å². The summed E-state index contributed by atoms with van der Waals surface area (Å²) < 4.78 is 0. The smallest absolute Gasteiger partial charge is 0.277 e. The Kier molecular flexibility index (Phi) is 6.53. The maximum atomic E-state index is 13.1. The van der Waals surface area contributed by atoms with E-state index in [1.807, 2.05) is 0 Å². The highest BCUT2D eigenvalue weighted by atomic mass is 16.2. The van der Waals surface area contributed by atoms with E-state index in [0.29, 0.717) is 22.3 Å². The van der Waals surface area contributed by atoms with Gasteiger partial charge in [-0.05, 0) is 22.3 Å². The van der Waals surface area contributed by atoms with Crippen LogP contribution in [-0.2, 0) is 32.3 Å². The molecule has 5 rings (SSSR count). The van der Waals surface area contributed by atoms with Gasteiger partial charge < -0.3 is 0 Å². The standard InChI is InChI=1S/C28H22N4O6/c33-23-21(19-10-3-1-4-11-19)25(35)31(27(37)29-23)15-17-8-7-9-18(14-17)16-32-26(36)22(24(34)30-28(32)38)20-12-5-2-6-13-20/h1-14,21-22H,15-16H2,(H,29,33,37)(H,30,34,38). The number of nitrogens with one attached hydrogen (secondary N) is 2. The fraction of sp³-hybridized carbons (Fsp3) is 0.143. The van der Waals surface area contributed by atoms with Crippen LogP contribution in [0.15, 0.2) is 84.9 Å². The van der Waals surface area contributed by atoms with Crippen molar-refractivity contribution in [3.8, 4) is 0 Å².